The van der Waals surface area contributed by atoms with Crippen LogP contribution < -0.4 is 4.74 Å². The van der Waals surface area contributed by atoms with E-state index in [1.807, 2.05) is 51.1 Å². The fourth-order valence-corrected chi connectivity index (χ4v) is 2.50. The summed E-state index contributed by atoms with van der Waals surface area (Å²) in [6.45, 7) is 5.67. The Bertz CT molecular complexity index is 697. The lowest BCUT2D eigenvalue weighted by Gasteiger charge is -2.17. The molecule has 0 N–H and O–H groups in total. The molecule has 0 spiro atoms. The third-order valence-corrected chi connectivity index (χ3v) is 4.61. The lowest BCUT2D eigenvalue weighted by atomic mass is 10.1. The van der Waals surface area contributed by atoms with E-state index in [2.05, 4.69) is 9.38 Å². The Hall–Kier alpha value is -1.56. The third-order valence-electron chi connectivity index (χ3n) is 3.05. The van der Waals surface area contributed by atoms with Crippen molar-refractivity contribution in [2.24, 2.45) is 4.40 Å². The van der Waals surface area contributed by atoms with Gasteiger partial charge in [0.2, 0.25) is 5.88 Å². The highest BCUT2D eigenvalue weighted by molar-refractivity contribution is 7.91. The molecule has 0 radical (unpaired) electrons. The molecule has 0 saturated carbocycles. The minimum atomic E-state index is -1.27. The quantitative estimate of drug-likeness (QED) is 0.610. The van der Waals surface area contributed by atoms with Crippen LogP contribution in [-0.4, -0.2) is 27.6 Å². The molecule has 0 aliphatic rings. The van der Waals surface area contributed by atoms with Crippen LogP contribution in [0.4, 0.5) is 0 Å². The fraction of sp³-hybridized carbons (Fsp3) is 0.294. The number of hydrogen-bond acceptors (Lipinski definition) is 4. The predicted molar refractivity (Wildman–Crippen MR) is 96.7 cm³/mol. The van der Waals surface area contributed by atoms with E-state index in [0.29, 0.717) is 10.9 Å². The van der Waals surface area contributed by atoms with Crippen molar-refractivity contribution in [3.8, 4) is 17.0 Å². The molecule has 1 atom stereocenters. The number of methoxy groups -OCH3 is 1. The first-order valence-corrected chi connectivity index (χ1v) is 8.56. The Kier molecular flexibility index (Phi) is 5.68. The number of pyridine rings is 1. The molecule has 1 unspecified atom stereocenters. The van der Waals surface area contributed by atoms with Crippen molar-refractivity contribution in [2.45, 2.75) is 25.5 Å². The second kappa shape index (κ2) is 7.34. The summed E-state index contributed by atoms with van der Waals surface area (Å²) in [5.41, 5.74) is 2.63. The van der Waals surface area contributed by atoms with Crippen molar-refractivity contribution in [3.05, 3.63) is 47.1 Å². The van der Waals surface area contributed by atoms with Crippen LogP contribution in [0.2, 0.25) is 5.02 Å². The Balaban J connectivity index is 2.24. The van der Waals surface area contributed by atoms with E-state index in [0.717, 1.165) is 16.7 Å². The topological polar surface area (TPSA) is 57.5 Å². The number of aromatic nitrogens is 1. The van der Waals surface area contributed by atoms with Gasteiger partial charge in [-0.05, 0) is 38.0 Å². The SMILES string of the molecule is COc1ncc(Cl)cc1-c1ccc(C=N[S+]([O-])C(C)(C)C)cc1. The number of halogens is 1. The summed E-state index contributed by atoms with van der Waals surface area (Å²) >= 11 is 4.74. The number of rotatable bonds is 4. The minimum absolute atomic E-state index is 0.365. The van der Waals surface area contributed by atoms with Gasteiger partial charge in [0.05, 0.1) is 18.3 Å². The summed E-state index contributed by atoms with van der Waals surface area (Å²) in [6, 6.07) is 9.47. The average molecular weight is 351 g/mol. The lowest BCUT2D eigenvalue weighted by molar-refractivity contribution is 0.399. The first kappa shape index (κ1) is 17.8. The van der Waals surface area contributed by atoms with Gasteiger partial charge in [-0.15, -0.1) is 0 Å². The lowest BCUT2D eigenvalue weighted by Crippen LogP contribution is -2.25. The van der Waals surface area contributed by atoms with Crippen LogP contribution in [0.1, 0.15) is 26.3 Å². The van der Waals surface area contributed by atoms with Gasteiger partial charge in [-0.25, -0.2) is 4.98 Å². The molecule has 122 valence electrons. The maximum atomic E-state index is 11.9. The summed E-state index contributed by atoms with van der Waals surface area (Å²) in [6.07, 6.45) is 3.17. The van der Waals surface area contributed by atoms with E-state index in [1.54, 1.807) is 19.5 Å². The molecular weight excluding hydrogens is 332 g/mol. The number of ether oxygens (including phenoxy) is 1. The van der Waals surface area contributed by atoms with Crippen molar-refractivity contribution in [1.29, 1.82) is 0 Å². The van der Waals surface area contributed by atoms with Crippen molar-refractivity contribution in [2.75, 3.05) is 7.11 Å². The van der Waals surface area contributed by atoms with Crippen molar-refractivity contribution in [3.63, 3.8) is 0 Å². The summed E-state index contributed by atoms with van der Waals surface area (Å²) in [7, 11) is 1.57. The zero-order valence-electron chi connectivity index (χ0n) is 13.5. The largest absolute Gasteiger partial charge is 0.591 e. The molecule has 0 fully saturated rings. The average Bonchev–Trinajstić information content (AvgIpc) is 2.52. The summed E-state index contributed by atoms with van der Waals surface area (Å²) in [5.74, 6) is 0.518. The third kappa shape index (κ3) is 4.70. The summed E-state index contributed by atoms with van der Waals surface area (Å²) in [5, 5.41) is 0.548. The maximum Gasteiger partial charge on any atom is 0.221 e. The van der Waals surface area contributed by atoms with Gasteiger partial charge in [-0.3, -0.25) is 0 Å². The van der Waals surface area contributed by atoms with Gasteiger partial charge in [0.25, 0.3) is 0 Å². The smallest absolute Gasteiger partial charge is 0.221 e. The highest BCUT2D eigenvalue weighted by Gasteiger charge is 2.25. The first-order chi connectivity index (χ1) is 10.8. The second-order valence-corrected chi connectivity index (χ2v) is 8.30. The van der Waals surface area contributed by atoms with Gasteiger partial charge in [-0.1, -0.05) is 40.3 Å². The van der Waals surface area contributed by atoms with Crippen LogP contribution in [0, 0.1) is 0 Å². The molecule has 0 aliphatic carbocycles. The van der Waals surface area contributed by atoms with Crippen LogP contribution in [0.25, 0.3) is 11.1 Å². The maximum absolute atomic E-state index is 11.9. The zero-order chi connectivity index (χ0) is 17.0. The molecule has 0 saturated heterocycles. The number of benzene rings is 1. The van der Waals surface area contributed by atoms with Gasteiger partial charge < -0.3 is 9.29 Å². The van der Waals surface area contributed by atoms with Crippen molar-refractivity contribution in [1.82, 2.24) is 4.98 Å². The highest BCUT2D eigenvalue weighted by Crippen LogP contribution is 2.30. The Morgan fingerprint density at radius 3 is 2.48 bits per heavy atom. The Morgan fingerprint density at radius 1 is 1.26 bits per heavy atom. The van der Waals surface area contributed by atoms with E-state index >= 15 is 0 Å². The molecule has 1 heterocycles. The van der Waals surface area contributed by atoms with Crippen LogP contribution in [0.15, 0.2) is 40.9 Å². The Labute approximate surface area is 144 Å². The number of nitrogens with zero attached hydrogens (tertiary/aromatic N) is 2. The highest BCUT2D eigenvalue weighted by atomic mass is 35.5. The molecule has 0 amide bonds. The van der Waals surface area contributed by atoms with Gasteiger partial charge in [-0.2, -0.15) is 0 Å². The van der Waals surface area contributed by atoms with Gasteiger partial charge in [0.15, 0.2) is 0 Å². The first-order valence-electron chi connectivity index (χ1n) is 7.07. The van der Waals surface area contributed by atoms with Crippen LogP contribution in [0.3, 0.4) is 0 Å². The molecule has 1 aromatic carbocycles. The molecule has 1 aromatic heterocycles. The van der Waals surface area contributed by atoms with E-state index in [4.69, 9.17) is 16.3 Å². The van der Waals surface area contributed by atoms with E-state index in [1.165, 1.54) is 0 Å². The molecule has 2 aromatic rings. The molecule has 0 bridgehead atoms. The molecular formula is C17H19ClN2O2S. The minimum Gasteiger partial charge on any atom is -0.591 e. The van der Waals surface area contributed by atoms with Crippen molar-refractivity contribution >= 4 is 29.2 Å². The van der Waals surface area contributed by atoms with Crippen molar-refractivity contribution < 1.29 is 9.29 Å². The monoisotopic (exact) mass is 350 g/mol. The normalized spacial score (nSPS) is 13.3. The second-order valence-electron chi connectivity index (χ2n) is 5.93. The van der Waals surface area contributed by atoms with Gasteiger partial charge in [0.1, 0.15) is 16.1 Å². The van der Waals surface area contributed by atoms with E-state index < -0.39 is 11.4 Å². The van der Waals surface area contributed by atoms with Crippen LogP contribution in [-0.2, 0) is 11.4 Å². The van der Waals surface area contributed by atoms with Crippen LogP contribution >= 0.6 is 11.6 Å². The fourth-order valence-electron chi connectivity index (χ4n) is 1.81. The Morgan fingerprint density at radius 2 is 1.91 bits per heavy atom. The molecule has 23 heavy (non-hydrogen) atoms. The molecule has 0 aliphatic heterocycles. The number of hydrogen-bond donors (Lipinski definition) is 0. The van der Waals surface area contributed by atoms with E-state index in [-0.39, 0.29) is 4.75 Å². The molecule has 6 heteroatoms. The molecule has 2 rings (SSSR count). The van der Waals surface area contributed by atoms with Crippen LogP contribution in [0.5, 0.6) is 5.88 Å². The van der Waals surface area contributed by atoms with E-state index in [9.17, 15) is 4.55 Å². The zero-order valence-corrected chi connectivity index (χ0v) is 15.1. The van der Waals surface area contributed by atoms with Gasteiger partial charge in [0, 0.05) is 11.8 Å². The van der Waals surface area contributed by atoms with Gasteiger partial charge >= 0.3 is 0 Å². The predicted octanol–water partition coefficient (Wildman–Crippen LogP) is 4.29. The summed E-state index contributed by atoms with van der Waals surface area (Å²) in [4.78, 5) is 4.16. The summed E-state index contributed by atoms with van der Waals surface area (Å²) < 4.78 is 20.9. The standard InChI is InChI=1S/C17H19ClN2O2S/c1-17(2,3)23(21)20-10-12-5-7-13(8-6-12)15-9-14(18)11-19-16(15)22-4/h5-11H,1-4H3. The molecule has 4 nitrogen and oxygen atoms in total.